The molecule has 0 saturated carbocycles. The molecule has 6 nitrogen and oxygen atoms in total. The Kier molecular flexibility index (Phi) is 7.25. The molecule has 4 rings (SSSR count). The molecule has 1 fully saturated rings. The van der Waals surface area contributed by atoms with Crippen LogP contribution in [0.25, 0.3) is 0 Å². The van der Waals surface area contributed by atoms with Crippen molar-refractivity contribution < 1.29 is 23.8 Å². The second-order valence-electron chi connectivity index (χ2n) is 7.94. The highest BCUT2D eigenvalue weighted by molar-refractivity contribution is 5.93. The normalized spacial score (nSPS) is 15.2. The van der Waals surface area contributed by atoms with Gasteiger partial charge in [-0.2, -0.15) is 0 Å². The standard InChI is InChI=1S/C27H27NO5/c1-31-25-17-21(12-14-24(25)32-18-22-10-6-3-7-11-22)13-15-26(29)28-23(19-33-27(28)30)16-20-8-4-2-5-9-20/h2-12,14,17,23H,13,15-16,18-19H2,1H3/t23-/m1/s1. The first-order chi connectivity index (χ1) is 16.1. The third kappa shape index (κ3) is 5.71. The number of amides is 2. The lowest BCUT2D eigenvalue weighted by molar-refractivity contribution is -0.129. The smallest absolute Gasteiger partial charge is 0.416 e. The van der Waals surface area contributed by atoms with E-state index in [0.717, 1.165) is 16.7 Å². The number of carbonyl (C=O) groups excluding carboxylic acids is 2. The summed E-state index contributed by atoms with van der Waals surface area (Å²) in [5.41, 5.74) is 3.06. The molecule has 1 aliphatic rings. The van der Waals surface area contributed by atoms with Crippen molar-refractivity contribution in [2.45, 2.75) is 31.9 Å². The highest BCUT2D eigenvalue weighted by Crippen LogP contribution is 2.29. The average molecular weight is 446 g/mol. The van der Waals surface area contributed by atoms with Crippen LogP contribution in [0, 0.1) is 0 Å². The summed E-state index contributed by atoms with van der Waals surface area (Å²) in [4.78, 5) is 26.4. The Balaban J connectivity index is 1.36. The lowest BCUT2D eigenvalue weighted by Gasteiger charge is -2.20. The van der Waals surface area contributed by atoms with Gasteiger partial charge in [0.25, 0.3) is 0 Å². The lowest BCUT2D eigenvalue weighted by Crippen LogP contribution is -2.40. The van der Waals surface area contributed by atoms with Gasteiger partial charge in [-0.05, 0) is 41.7 Å². The summed E-state index contributed by atoms with van der Waals surface area (Å²) < 4.78 is 16.6. The zero-order valence-corrected chi connectivity index (χ0v) is 18.6. The van der Waals surface area contributed by atoms with Crippen molar-refractivity contribution >= 4 is 12.0 Å². The van der Waals surface area contributed by atoms with E-state index in [1.807, 2.05) is 78.9 Å². The number of cyclic esters (lactones) is 1. The lowest BCUT2D eigenvalue weighted by atomic mass is 10.0. The number of benzene rings is 3. The summed E-state index contributed by atoms with van der Waals surface area (Å²) in [5, 5.41) is 0. The van der Waals surface area contributed by atoms with Crippen LogP contribution < -0.4 is 9.47 Å². The van der Waals surface area contributed by atoms with E-state index in [1.54, 1.807) is 7.11 Å². The molecule has 33 heavy (non-hydrogen) atoms. The third-order valence-corrected chi connectivity index (χ3v) is 5.64. The first-order valence-electron chi connectivity index (χ1n) is 11.0. The Labute approximate surface area is 193 Å². The van der Waals surface area contributed by atoms with Gasteiger partial charge in [0.05, 0.1) is 13.2 Å². The van der Waals surface area contributed by atoms with Gasteiger partial charge >= 0.3 is 6.09 Å². The molecule has 6 heteroatoms. The zero-order valence-electron chi connectivity index (χ0n) is 18.6. The molecular weight excluding hydrogens is 418 g/mol. The number of hydrogen-bond donors (Lipinski definition) is 0. The van der Waals surface area contributed by atoms with Gasteiger partial charge in [-0.3, -0.25) is 4.79 Å². The van der Waals surface area contributed by atoms with Crippen molar-refractivity contribution in [3.8, 4) is 11.5 Å². The maximum Gasteiger partial charge on any atom is 0.416 e. The van der Waals surface area contributed by atoms with Crippen LogP contribution in [-0.4, -0.2) is 36.7 Å². The van der Waals surface area contributed by atoms with E-state index in [4.69, 9.17) is 14.2 Å². The van der Waals surface area contributed by atoms with Gasteiger partial charge in [-0.1, -0.05) is 66.7 Å². The zero-order chi connectivity index (χ0) is 23.0. The van der Waals surface area contributed by atoms with Crippen molar-refractivity contribution in [2.75, 3.05) is 13.7 Å². The largest absolute Gasteiger partial charge is 0.493 e. The van der Waals surface area contributed by atoms with Crippen molar-refractivity contribution in [1.29, 1.82) is 0 Å². The van der Waals surface area contributed by atoms with Gasteiger partial charge in [0.2, 0.25) is 5.91 Å². The molecule has 0 radical (unpaired) electrons. The van der Waals surface area contributed by atoms with Crippen molar-refractivity contribution in [3.63, 3.8) is 0 Å². The van der Waals surface area contributed by atoms with Crippen LogP contribution in [-0.2, 0) is 29.0 Å². The molecule has 0 N–H and O–H groups in total. The van der Waals surface area contributed by atoms with Crippen molar-refractivity contribution in [2.24, 2.45) is 0 Å². The molecule has 1 aliphatic heterocycles. The predicted molar refractivity (Wildman–Crippen MR) is 124 cm³/mol. The number of carbonyl (C=O) groups is 2. The summed E-state index contributed by atoms with van der Waals surface area (Å²) in [6, 6.07) is 25.1. The fraction of sp³-hybridized carbons (Fsp3) is 0.259. The minimum Gasteiger partial charge on any atom is -0.493 e. The Bertz CT molecular complexity index is 1080. The van der Waals surface area contributed by atoms with Crippen LogP contribution in [0.3, 0.4) is 0 Å². The van der Waals surface area contributed by atoms with Gasteiger partial charge < -0.3 is 14.2 Å². The molecule has 0 unspecified atom stereocenters. The molecule has 0 aromatic heterocycles. The molecule has 3 aromatic rings. The Morgan fingerprint density at radius 2 is 1.64 bits per heavy atom. The van der Waals surface area contributed by atoms with Crippen LogP contribution in [0.1, 0.15) is 23.1 Å². The molecule has 1 atom stereocenters. The van der Waals surface area contributed by atoms with Crippen molar-refractivity contribution in [3.05, 3.63) is 95.6 Å². The first kappa shape index (κ1) is 22.4. The van der Waals surface area contributed by atoms with E-state index in [9.17, 15) is 9.59 Å². The molecule has 0 bridgehead atoms. The molecule has 1 heterocycles. The van der Waals surface area contributed by atoms with E-state index in [2.05, 4.69) is 0 Å². The molecule has 1 saturated heterocycles. The van der Waals surface area contributed by atoms with Gasteiger partial charge in [-0.15, -0.1) is 0 Å². The molecule has 2 amide bonds. The summed E-state index contributed by atoms with van der Waals surface area (Å²) in [7, 11) is 1.59. The van der Waals surface area contributed by atoms with Crippen LogP contribution in [0.2, 0.25) is 0 Å². The van der Waals surface area contributed by atoms with Gasteiger partial charge in [0, 0.05) is 6.42 Å². The fourth-order valence-corrected chi connectivity index (χ4v) is 3.90. The Morgan fingerprint density at radius 1 is 0.939 bits per heavy atom. The number of imide groups is 1. The summed E-state index contributed by atoms with van der Waals surface area (Å²) in [6.07, 6.45) is 0.701. The second kappa shape index (κ2) is 10.7. The quantitative estimate of drug-likeness (QED) is 0.474. The van der Waals surface area contributed by atoms with Crippen LogP contribution in [0.15, 0.2) is 78.9 Å². The minimum absolute atomic E-state index is 0.202. The highest BCUT2D eigenvalue weighted by Gasteiger charge is 2.37. The number of aryl methyl sites for hydroxylation is 1. The van der Waals surface area contributed by atoms with Crippen molar-refractivity contribution in [1.82, 2.24) is 4.90 Å². The average Bonchev–Trinajstić information content (AvgIpc) is 3.22. The maximum atomic E-state index is 12.9. The van der Waals surface area contributed by atoms with Crippen LogP contribution >= 0.6 is 0 Å². The molecule has 0 aliphatic carbocycles. The molecule has 3 aromatic carbocycles. The van der Waals surface area contributed by atoms with E-state index in [-0.39, 0.29) is 25.0 Å². The first-order valence-corrected chi connectivity index (χ1v) is 11.0. The molecule has 0 spiro atoms. The van der Waals surface area contributed by atoms with Gasteiger partial charge in [0.1, 0.15) is 13.2 Å². The number of ether oxygens (including phenoxy) is 3. The van der Waals surface area contributed by atoms with Crippen LogP contribution in [0.4, 0.5) is 4.79 Å². The van der Waals surface area contributed by atoms with E-state index in [1.165, 1.54) is 4.90 Å². The Hall–Kier alpha value is -3.80. The van der Waals surface area contributed by atoms with E-state index >= 15 is 0 Å². The van der Waals surface area contributed by atoms with E-state index < -0.39 is 6.09 Å². The van der Waals surface area contributed by atoms with E-state index in [0.29, 0.717) is 30.9 Å². The summed E-state index contributed by atoms with van der Waals surface area (Å²) in [5.74, 6) is 1.02. The number of nitrogens with zero attached hydrogens (tertiary/aromatic N) is 1. The maximum absolute atomic E-state index is 12.9. The van der Waals surface area contributed by atoms with Gasteiger partial charge in [0.15, 0.2) is 11.5 Å². The van der Waals surface area contributed by atoms with Crippen LogP contribution in [0.5, 0.6) is 11.5 Å². The SMILES string of the molecule is COc1cc(CCC(=O)N2C(=O)OC[C@H]2Cc2ccccc2)ccc1OCc1ccccc1. The monoisotopic (exact) mass is 445 g/mol. The second-order valence-corrected chi connectivity index (χ2v) is 7.94. The predicted octanol–water partition coefficient (Wildman–Crippen LogP) is 4.80. The minimum atomic E-state index is -0.567. The van der Waals surface area contributed by atoms with Gasteiger partial charge in [-0.25, -0.2) is 9.69 Å². The molecule has 170 valence electrons. The number of methoxy groups -OCH3 is 1. The highest BCUT2D eigenvalue weighted by atomic mass is 16.6. The molecular formula is C27H27NO5. The number of hydrogen-bond acceptors (Lipinski definition) is 5. The number of rotatable bonds is 9. The fourth-order valence-electron chi connectivity index (χ4n) is 3.90. The third-order valence-electron chi connectivity index (χ3n) is 5.64. The summed E-state index contributed by atoms with van der Waals surface area (Å²) in [6.45, 7) is 0.662. The summed E-state index contributed by atoms with van der Waals surface area (Å²) >= 11 is 0. The Morgan fingerprint density at radius 3 is 2.33 bits per heavy atom. The topological polar surface area (TPSA) is 65.1 Å².